The van der Waals surface area contributed by atoms with Crippen molar-refractivity contribution in [1.82, 2.24) is 19.3 Å². The van der Waals surface area contributed by atoms with E-state index < -0.39 is 4.92 Å². The number of imidazole rings is 1. The Kier molecular flexibility index (Phi) is 4.99. The van der Waals surface area contributed by atoms with Crippen molar-refractivity contribution in [2.45, 2.75) is 19.9 Å². The summed E-state index contributed by atoms with van der Waals surface area (Å²) in [7, 11) is 0. The standard InChI is InChI=1S/C16H15ClN6O3/c1-11-19-15(23(25)26)10-21(11)8-6-16(24)20-14-5-7-18-22(14)13-4-2-3-12(17)9-13/h2-5,7,9-10H,6,8H2,1H3,(H,20,24). The van der Waals surface area contributed by atoms with Crippen molar-refractivity contribution in [1.29, 1.82) is 0 Å². The molecular weight excluding hydrogens is 360 g/mol. The average Bonchev–Trinajstić information content (AvgIpc) is 3.19. The number of nitrogens with zero attached hydrogens (tertiary/aromatic N) is 5. The molecule has 0 radical (unpaired) electrons. The van der Waals surface area contributed by atoms with Gasteiger partial charge in [0.05, 0.1) is 11.9 Å². The first-order chi connectivity index (χ1) is 12.4. The van der Waals surface area contributed by atoms with Gasteiger partial charge in [0.2, 0.25) is 11.7 Å². The normalized spacial score (nSPS) is 10.7. The Morgan fingerprint density at radius 3 is 2.88 bits per heavy atom. The Labute approximate surface area is 153 Å². The van der Waals surface area contributed by atoms with Gasteiger partial charge in [0.25, 0.3) is 0 Å². The number of rotatable bonds is 6. The number of halogens is 1. The first-order valence-corrected chi connectivity index (χ1v) is 8.10. The maximum atomic E-state index is 12.2. The number of hydrogen-bond acceptors (Lipinski definition) is 5. The Morgan fingerprint density at radius 2 is 2.19 bits per heavy atom. The van der Waals surface area contributed by atoms with Gasteiger partial charge in [0.1, 0.15) is 12.0 Å². The summed E-state index contributed by atoms with van der Waals surface area (Å²) >= 11 is 5.99. The van der Waals surface area contributed by atoms with Crippen molar-refractivity contribution in [2.75, 3.05) is 5.32 Å². The molecule has 3 aromatic rings. The highest BCUT2D eigenvalue weighted by molar-refractivity contribution is 6.30. The van der Waals surface area contributed by atoms with Crippen LogP contribution in [-0.4, -0.2) is 30.2 Å². The molecule has 0 aliphatic heterocycles. The molecule has 9 nitrogen and oxygen atoms in total. The number of benzene rings is 1. The summed E-state index contributed by atoms with van der Waals surface area (Å²) in [6.45, 7) is 1.93. The van der Waals surface area contributed by atoms with Crippen LogP contribution in [0.1, 0.15) is 12.2 Å². The van der Waals surface area contributed by atoms with Crippen LogP contribution in [0.25, 0.3) is 5.69 Å². The Morgan fingerprint density at radius 1 is 1.38 bits per heavy atom. The summed E-state index contributed by atoms with van der Waals surface area (Å²) in [5, 5.41) is 18.3. The fourth-order valence-electron chi connectivity index (χ4n) is 2.44. The van der Waals surface area contributed by atoms with Crippen LogP contribution in [0.3, 0.4) is 0 Å². The lowest BCUT2D eigenvalue weighted by atomic mass is 10.3. The lowest BCUT2D eigenvalue weighted by Crippen LogP contribution is -2.17. The van der Waals surface area contributed by atoms with Gasteiger partial charge in [-0.3, -0.25) is 4.79 Å². The molecule has 0 aliphatic rings. The maximum Gasteiger partial charge on any atom is 0.381 e. The highest BCUT2D eigenvalue weighted by Gasteiger charge is 2.16. The summed E-state index contributed by atoms with van der Waals surface area (Å²) in [6.07, 6.45) is 3.02. The van der Waals surface area contributed by atoms with Gasteiger partial charge in [0.15, 0.2) is 0 Å². The molecule has 3 rings (SSSR count). The van der Waals surface area contributed by atoms with Crippen molar-refractivity contribution in [3.63, 3.8) is 0 Å². The number of carbonyl (C=O) groups excluding carboxylic acids is 1. The SMILES string of the molecule is Cc1nc([N+](=O)[O-])cn1CCC(=O)Nc1ccnn1-c1cccc(Cl)c1. The lowest BCUT2D eigenvalue weighted by molar-refractivity contribution is -0.389. The Balaban J connectivity index is 1.66. The number of aryl methyl sites for hydroxylation is 2. The molecule has 0 spiro atoms. The number of hydrogen-bond donors (Lipinski definition) is 1. The number of amides is 1. The van der Waals surface area contributed by atoms with E-state index >= 15 is 0 Å². The maximum absolute atomic E-state index is 12.2. The molecule has 1 aromatic carbocycles. The quantitative estimate of drug-likeness (QED) is 0.527. The molecule has 1 amide bonds. The lowest BCUT2D eigenvalue weighted by Gasteiger charge is -2.09. The fourth-order valence-corrected chi connectivity index (χ4v) is 2.63. The van der Waals surface area contributed by atoms with Gasteiger partial charge in [-0.1, -0.05) is 17.7 Å². The van der Waals surface area contributed by atoms with Gasteiger partial charge in [-0.25, -0.2) is 4.68 Å². The molecule has 0 saturated carbocycles. The van der Waals surface area contributed by atoms with Gasteiger partial charge in [-0.05, 0) is 28.1 Å². The molecule has 2 aromatic heterocycles. The van der Waals surface area contributed by atoms with Crippen molar-refractivity contribution in [3.8, 4) is 5.69 Å². The fraction of sp³-hybridized carbons (Fsp3) is 0.188. The highest BCUT2D eigenvalue weighted by atomic mass is 35.5. The Bertz CT molecular complexity index is 965. The largest absolute Gasteiger partial charge is 0.381 e. The molecule has 0 bridgehead atoms. The first-order valence-electron chi connectivity index (χ1n) is 7.72. The van der Waals surface area contributed by atoms with E-state index in [0.29, 0.717) is 16.7 Å². The third-order valence-electron chi connectivity index (χ3n) is 3.69. The average molecular weight is 375 g/mol. The van der Waals surface area contributed by atoms with Gasteiger partial charge >= 0.3 is 5.82 Å². The number of anilines is 1. The van der Waals surface area contributed by atoms with Crippen LogP contribution in [0.2, 0.25) is 5.02 Å². The Hall–Kier alpha value is -3.20. The summed E-state index contributed by atoms with van der Waals surface area (Å²) in [5.74, 6) is 0.505. The number of carbonyl (C=O) groups is 1. The van der Waals surface area contributed by atoms with E-state index in [-0.39, 0.29) is 24.7 Å². The highest BCUT2D eigenvalue weighted by Crippen LogP contribution is 2.19. The van der Waals surface area contributed by atoms with E-state index in [4.69, 9.17) is 11.6 Å². The predicted molar refractivity (Wildman–Crippen MR) is 95.4 cm³/mol. The summed E-state index contributed by atoms with van der Waals surface area (Å²) < 4.78 is 3.14. The number of nitrogens with one attached hydrogen (secondary N) is 1. The molecule has 0 aliphatic carbocycles. The van der Waals surface area contributed by atoms with Crippen LogP contribution >= 0.6 is 11.6 Å². The molecule has 134 valence electrons. The molecule has 1 N–H and O–H groups in total. The van der Waals surface area contributed by atoms with Gasteiger partial charge in [0, 0.05) is 31.0 Å². The van der Waals surface area contributed by atoms with Crippen molar-refractivity contribution >= 4 is 29.1 Å². The minimum atomic E-state index is -0.562. The molecule has 0 atom stereocenters. The zero-order valence-corrected chi connectivity index (χ0v) is 14.6. The molecule has 2 heterocycles. The van der Waals surface area contributed by atoms with E-state index in [1.54, 1.807) is 46.6 Å². The third-order valence-corrected chi connectivity index (χ3v) is 3.93. The first kappa shape index (κ1) is 17.6. The monoisotopic (exact) mass is 374 g/mol. The van der Waals surface area contributed by atoms with E-state index in [0.717, 1.165) is 5.69 Å². The van der Waals surface area contributed by atoms with Crippen LogP contribution in [0.5, 0.6) is 0 Å². The van der Waals surface area contributed by atoms with Crippen LogP contribution in [0.15, 0.2) is 42.7 Å². The van der Waals surface area contributed by atoms with Crippen LogP contribution in [-0.2, 0) is 11.3 Å². The second kappa shape index (κ2) is 7.36. The second-order valence-corrected chi connectivity index (χ2v) is 5.94. The van der Waals surface area contributed by atoms with E-state index in [1.165, 1.54) is 6.20 Å². The molecule has 10 heteroatoms. The molecular formula is C16H15ClN6O3. The summed E-state index contributed by atoms with van der Waals surface area (Å²) in [5.41, 5.74) is 0.721. The minimum absolute atomic E-state index is 0.134. The zero-order valence-electron chi connectivity index (χ0n) is 13.8. The van der Waals surface area contributed by atoms with E-state index in [2.05, 4.69) is 15.4 Å². The van der Waals surface area contributed by atoms with Crippen molar-refractivity contribution in [3.05, 3.63) is 63.7 Å². The molecule has 0 unspecified atom stereocenters. The van der Waals surface area contributed by atoms with Crippen LogP contribution in [0.4, 0.5) is 11.6 Å². The third kappa shape index (κ3) is 3.89. The topological polar surface area (TPSA) is 108 Å². The number of nitro groups is 1. The molecule has 26 heavy (non-hydrogen) atoms. The second-order valence-electron chi connectivity index (χ2n) is 5.50. The smallest absolute Gasteiger partial charge is 0.358 e. The predicted octanol–water partition coefficient (Wildman–Crippen LogP) is 2.97. The minimum Gasteiger partial charge on any atom is -0.358 e. The van der Waals surface area contributed by atoms with Gasteiger partial charge < -0.3 is 20.0 Å². The molecule has 0 fully saturated rings. The summed E-state index contributed by atoms with van der Waals surface area (Å²) in [4.78, 5) is 26.3. The van der Waals surface area contributed by atoms with Crippen molar-refractivity contribution in [2.24, 2.45) is 0 Å². The van der Waals surface area contributed by atoms with Crippen LogP contribution < -0.4 is 5.32 Å². The van der Waals surface area contributed by atoms with Gasteiger partial charge in [-0.2, -0.15) is 5.10 Å². The van der Waals surface area contributed by atoms with Crippen LogP contribution in [0, 0.1) is 17.0 Å². The van der Waals surface area contributed by atoms with Gasteiger partial charge in [-0.15, -0.1) is 0 Å². The van der Waals surface area contributed by atoms with Crippen molar-refractivity contribution < 1.29 is 9.72 Å². The number of aromatic nitrogens is 4. The molecule has 0 saturated heterocycles. The van der Waals surface area contributed by atoms with E-state index in [1.807, 2.05) is 6.07 Å². The van der Waals surface area contributed by atoms with E-state index in [9.17, 15) is 14.9 Å². The summed E-state index contributed by atoms with van der Waals surface area (Å²) in [6, 6.07) is 8.77. The zero-order chi connectivity index (χ0) is 18.7.